The maximum absolute atomic E-state index is 9.78. The van der Waals surface area contributed by atoms with Crippen LogP contribution in [-0.4, -0.2) is 112 Å². The van der Waals surface area contributed by atoms with Gasteiger partial charge >= 0.3 is 0 Å². The van der Waals surface area contributed by atoms with Crippen LogP contribution in [0.3, 0.4) is 0 Å². The molecule has 132 valence electrons. The highest BCUT2D eigenvalue weighted by Crippen LogP contribution is 2.21. The molecule has 0 saturated carbocycles. The summed E-state index contributed by atoms with van der Waals surface area (Å²) in [5, 5.41) is 55.9. The standard InChI is InChI=1S/C13H27NO8/c15-5-3-14(4-6-16)2-1-7-21-13-12(20)11(19)10(18)9(8-17)22-13/h9-13,15-20H,1-8H2. The molecule has 5 unspecified atom stereocenters. The zero-order valence-electron chi connectivity index (χ0n) is 12.5. The molecule has 1 saturated heterocycles. The van der Waals surface area contributed by atoms with E-state index >= 15 is 0 Å². The topological polar surface area (TPSA) is 143 Å². The molecule has 0 aromatic rings. The van der Waals surface area contributed by atoms with E-state index in [9.17, 15) is 15.3 Å². The highest BCUT2D eigenvalue weighted by atomic mass is 16.7. The lowest BCUT2D eigenvalue weighted by Gasteiger charge is -2.39. The Morgan fingerprint density at radius 3 is 2.05 bits per heavy atom. The van der Waals surface area contributed by atoms with E-state index in [2.05, 4.69) is 0 Å². The molecule has 9 heteroatoms. The minimum absolute atomic E-state index is 0.00638. The molecule has 0 radical (unpaired) electrons. The van der Waals surface area contributed by atoms with Gasteiger partial charge in [0.1, 0.15) is 24.4 Å². The predicted molar refractivity (Wildman–Crippen MR) is 74.9 cm³/mol. The number of hydrogen-bond acceptors (Lipinski definition) is 9. The van der Waals surface area contributed by atoms with Crippen molar-refractivity contribution in [1.82, 2.24) is 4.90 Å². The molecular formula is C13H27NO8. The summed E-state index contributed by atoms with van der Waals surface area (Å²) in [7, 11) is 0. The van der Waals surface area contributed by atoms with Crippen LogP contribution in [0, 0.1) is 0 Å². The van der Waals surface area contributed by atoms with Gasteiger partial charge in [-0.15, -0.1) is 0 Å². The molecule has 6 N–H and O–H groups in total. The Morgan fingerprint density at radius 2 is 1.50 bits per heavy atom. The van der Waals surface area contributed by atoms with Crippen LogP contribution >= 0.6 is 0 Å². The fraction of sp³-hybridized carbons (Fsp3) is 1.00. The van der Waals surface area contributed by atoms with Gasteiger partial charge in [-0.05, 0) is 6.42 Å². The summed E-state index contributed by atoms with van der Waals surface area (Å²) in [5.74, 6) is 0. The van der Waals surface area contributed by atoms with E-state index in [0.29, 0.717) is 26.1 Å². The Balaban J connectivity index is 2.33. The van der Waals surface area contributed by atoms with Crippen molar-refractivity contribution in [3.8, 4) is 0 Å². The zero-order valence-corrected chi connectivity index (χ0v) is 12.5. The number of hydrogen-bond donors (Lipinski definition) is 6. The molecule has 0 amide bonds. The minimum atomic E-state index is -1.45. The highest BCUT2D eigenvalue weighted by Gasteiger charge is 2.43. The summed E-state index contributed by atoms with van der Waals surface area (Å²) < 4.78 is 10.6. The second-order valence-electron chi connectivity index (χ2n) is 5.21. The number of aliphatic hydroxyl groups is 6. The second kappa shape index (κ2) is 10.4. The van der Waals surface area contributed by atoms with Crippen molar-refractivity contribution >= 4 is 0 Å². The lowest BCUT2D eigenvalue weighted by atomic mass is 9.99. The van der Waals surface area contributed by atoms with Gasteiger partial charge in [-0.3, -0.25) is 4.90 Å². The predicted octanol–water partition coefficient (Wildman–Crippen LogP) is -3.52. The lowest BCUT2D eigenvalue weighted by Crippen LogP contribution is -2.59. The Bertz CT molecular complexity index is 287. The Morgan fingerprint density at radius 1 is 0.864 bits per heavy atom. The van der Waals surface area contributed by atoms with E-state index in [1.165, 1.54) is 0 Å². The van der Waals surface area contributed by atoms with E-state index in [4.69, 9.17) is 24.8 Å². The first-order valence-corrected chi connectivity index (χ1v) is 7.41. The largest absolute Gasteiger partial charge is 0.395 e. The maximum atomic E-state index is 9.78. The molecule has 1 rings (SSSR count). The van der Waals surface area contributed by atoms with Gasteiger partial charge < -0.3 is 40.1 Å². The first-order valence-electron chi connectivity index (χ1n) is 7.41. The van der Waals surface area contributed by atoms with Crippen LogP contribution in [0.25, 0.3) is 0 Å². The third-order valence-electron chi connectivity index (χ3n) is 3.58. The van der Waals surface area contributed by atoms with E-state index in [-0.39, 0.29) is 19.8 Å². The molecule has 22 heavy (non-hydrogen) atoms. The van der Waals surface area contributed by atoms with E-state index in [1.807, 2.05) is 4.90 Å². The Hall–Kier alpha value is -0.360. The van der Waals surface area contributed by atoms with Crippen molar-refractivity contribution in [3.05, 3.63) is 0 Å². The van der Waals surface area contributed by atoms with E-state index < -0.39 is 37.3 Å². The first-order chi connectivity index (χ1) is 10.5. The van der Waals surface area contributed by atoms with Gasteiger partial charge in [0.05, 0.1) is 26.4 Å². The molecule has 0 bridgehead atoms. The zero-order chi connectivity index (χ0) is 16.5. The third kappa shape index (κ3) is 5.69. The molecule has 0 aromatic heterocycles. The molecule has 0 aliphatic carbocycles. The molecule has 1 fully saturated rings. The van der Waals surface area contributed by atoms with Crippen LogP contribution in [0.2, 0.25) is 0 Å². The number of aliphatic hydroxyl groups excluding tert-OH is 6. The number of nitrogens with zero attached hydrogens (tertiary/aromatic N) is 1. The summed E-state index contributed by atoms with van der Waals surface area (Å²) in [6.45, 7) is 1.18. The summed E-state index contributed by atoms with van der Waals surface area (Å²) in [5.41, 5.74) is 0. The molecule has 0 aromatic carbocycles. The van der Waals surface area contributed by atoms with Gasteiger partial charge in [-0.25, -0.2) is 0 Å². The average molecular weight is 325 g/mol. The van der Waals surface area contributed by atoms with Crippen LogP contribution in [-0.2, 0) is 9.47 Å². The normalized spacial score (nSPS) is 32.6. The van der Waals surface area contributed by atoms with Crippen molar-refractivity contribution < 1.29 is 40.1 Å². The quantitative estimate of drug-likeness (QED) is 0.225. The van der Waals surface area contributed by atoms with Gasteiger partial charge in [0.15, 0.2) is 6.29 Å². The maximum Gasteiger partial charge on any atom is 0.186 e. The SMILES string of the molecule is OCCN(CCO)CCCOC1OC(CO)C(O)C(O)C1O. The van der Waals surface area contributed by atoms with Gasteiger partial charge in [0, 0.05) is 19.6 Å². The average Bonchev–Trinajstić information content (AvgIpc) is 2.51. The Kier molecular flexibility index (Phi) is 9.33. The van der Waals surface area contributed by atoms with Crippen molar-refractivity contribution in [3.63, 3.8) is 0 Å². The minimum Gasteiger partial charge on any atom is -0.395 e. The monoisotopic (exact) mass is 325 g/mol. The summed E-state index contributed by atoms with van der Waals surface area (Å²) >= 11 is 0. The molecule has 1 heterocycles. The number of rotatable bonds is 10. The molecule has 9 nitrogen and oxygen atoms in total. The van der Waals surface area contributed by atoms with Crippen LogP contribution in [0.15, 0.2) is 0 Å². The third-order valence-corrected chi connectivity index (χ3v) is 3.58. The summed E-state index contributed by atoms with van der Waals surface area (Å²) in [6, 6.07) is 0. The van der Waals surface area contributed by atoms with Crippen LogP contribution in [0.1, 0.15) is 6.42 Å². The van der Waals surface area contributed by atoms with Crippen LogP contribution < -0.4 is 0 Å². The van der Waals surface area contributed by atoms with Gasteiger partial charge in [-0.2, -0.15) is 0 Å². The van der Waals surface area contributed by atoms with Gasteiger partial charge in [0.25, 0.3) is 0 Å². The van der Waals surface area contributed by atoms with Crippen LogP contribution in [0.5, 0.6) is 0 Å². The Labute approximate surface area is 129 Å². The van der Waals surface area contributed by atoms with Crippen molar-refractivity contribution in [2.45, 2.75) is 37.1 Å². The van der Waals surface area contributed by atoms with Gasteiger partial charge in [-0.1, -0.05) is 0 Å². The molecule has 1 aliphatic heterocycles. The molecule has 0 spiro atoms. The number of ether oxygens (including phenoxy) is 2. The first kappa shape index (κ1) is 19.7. The molecule has 1 aliphatic rings. The van der Waals surface area contributed by atoms with Crippen molar-refractivity contribution in [2.24, 2.45) is 0 Å². The fourth-order valence-electron chi connectivity index (χ4n) is 2.31. The van der Waals surface area contributed by atoms with Crippen LogP contribution in [0.4, 0.5) is 0 Å². The highest BCUT2D eigenvalue weighted by molar-refractivity contribution is 4.88. The second-order valence-corrected chi connectivity index (χ2v) is 5.21. The van der Waals surface area contributed by atoms with E-state index in [0.717, 1.165) is 0 Å². The lowest BCUT2D eigenvalue weighted by molar-refractivity contribution is -0.301. The van der Waals surface area contributed by atoms with Crippen molar-refractivity contribution in [2.75, 3.05) is 46.1 Å². The molecule has 5 atom stereocenters. The van der Waals surface area contributed by atoms with Crippen molar-refractivity contribution in [1.29, 1.82) is 0 Å². The smallest absolute Gasteiger partial charge is 0.186 e. The van der Waals surface area contributed by atoms with E-state index in [1.54, 1.807) is 0 Å². The van der Waals surface area contributed by atoms with Gasteiger partial charge in [0.2, 0.25) is 0 Å². The summed E-state index contributed by atoms with van der Waals surface area (Å²) in [6.07, 6.45) is -5.79. The summed E-state index contributed by atoms with van der Waals surface area (Å²) in [4.78, 5) is 1.86. The fourth-order valence-corrected chi connectivity index (χ4v) is 2.31. The molecular weight excluding hydrogens is 298 g/mol.